The van der Waals surface area contributed by atoms with E-state index in [9.17, 15) is 5.11 Å². The monoisotopic (exact) mass is 771 g/mol. The van der Waals surface area contributed by atoms with Crippen molar-refractivity contribution in [2.75, 3.05) is 0 Å². The van der Waals surface area contributed by atoms with Crippen LogP contribution in [0, 0.1) is 5.82 Å². The second-order valence-corrected chi connectivity index (χ2v) is 17.5. The summed E-state index contributed by atoms with van der Waals surface area (Å²) in [4.78, 5) is 9.86. The van der Waals surface area contributed by atoms with E-state index in [-0.39, 0.29) is 16.6 Å². The fraction of sp³-hybridized carbons (Fsp3) is 0.148. The Balaban J connectivity index is 1.21. The van der Waals surface area contributed by atoms with Crippen molar-refractivity contribution in [1.29, 1.82) is 0 Å². The molecule has 0 atom stereocenters. The summed E-state index contributed by atoms with van der Waals surface area (Å²) in [6.45, 7) is 13.3. The molecule has 0 fully saturated rings. The van der Waals surface area contributed by atoms with Gasteiger partial charge in [0.1, 0.15) is 11.6 Å². The van der Waals surface area contributed by atoms with Gasteiger partial charge in [-0.05, 0) is 111 Å². The molecule has 9 aromatic rings. The molecule has 4 nitrogen and oxygen atoms in total. The molecule has 5 heteroatoms. The Hall–Kier alpha value is -6.85. The fourth-order valence-electron chi connectivity index (χ4n) is 8.06. The predicted molar refractivity (Wildman–Crippen MR) is 243 cm³/mol. The second kappa shape index (κ2) is 14.5. The minimum absolute atomic E-state index is 0.0992. The van der Waals surface area contributed by atoms with E-state index in [1.54, 1.807) is 18.2 Å². The third-order valence-corrected chi connectivity index (χ3v) is 11.3. The summed E-state index contributed by atoms with van der Waals surface area (Å²) < 4.78 is 18.6. The highest BCUT2D eigenvalue weighted by molar-refractivity contribution is 6.13. The lowest BCUT2D eigenvalue weighted by Gasteiger charge is -2.26. The molecule has 59 heavy (non-hydrogen) atoms. The smallest absolute Gasteiger partial charge is 0.132 e. The summed E-state index contributed by atoms with van der Waals surface area (Å²) in [6.07, 6.45) is 1.83. The lowest BCUT2D eigenvalue weighted by Crippen LogP contribution is -2.16. The average Bonchev–Trinajstić information content (AvgIpc) is 3.58. The van der Waals surface area contributed by atoms with Crippen LogP contribution in [-0.2, 0) is 10.8 Å². The van der Waals surface area contributed by atoms with Crippen LogP contribution in [0.25, 0.3) is 83.5 Å². The molecule has 0 aliphatic rings. The molecule has 0 amide bonds. The van der Waals surface area contributed by atoms with Crippen molar-refractivity contribution >= 4 is 21.8 Å². The normalized spacial score (nSPS) is 12.1. The van der Waals surface area contributed by atoms with Crippen molar-refractivity contribution in [3.63, 3.8) is 0 Å². The number of rotatable bonds is 6. The van der Waals surface area contributed by atoms with Gasteiger partial charge in [0, 0.05) is 44.9 Å². The van der Waals surface area contributed by atoms with E-state index in [0.29, 0.717) is 28.2 Å². The van der Waals surface area contributed by atoms with Gasteiger partial charge >= 0.3 is 0 Å². The first-order chi connectivity index (χ1) is 28.3. The van der Waals surface area contributed by atoms with Crippen molar-refractivity contribution in [2.45, 2.75) is 52.4 Å². The number of para-hydroxylation sites is 4. The fourth-order valence-corrected chi connectivity index (χ4v) is 8.06. The van der Waals surface area contributed by atoms with E-state index in [1.165, 1.54) is 28.0 Å². The van der Waals surface area contributed by atoms with Crippen LogP contribution < -0.4 is 0 Å². The highest BCUT2D eigenvalue weighted by atomic mass is 19.1. The molecule has 0 radical (unpaired) electrons. The maximum atomic E-state index is 16.3. The zero-order chi connectivity index (χ0) is 41.1. The quantitative estimate of drug-likeness (QED) is 0.183. The van der Waals surface area contributed by atoms with Crippen molar-refractivity contribution < 1.29 is 9.50 Å². The maximum absolute atomic E-state index is 16.3. The zero-order valence-electron chi connectivity index (χ0n) is 34.3. The van der Waals surface area contributed by atoms with Crippen LogP contribution in [0.15, 0.2) is 164 Å². The zero-order valence-corrected chi connectivity index (χ0v) is 34.3. The molecular formula is C54H46FN3O. The van der Waals surface area contributed by atoms with Crippen molar-refractivity contribution in [2.24, 2.45) is 0 Å². The summed E-state index contributed by atoms with van der Waals surface area (Å²) in [6, 6.07) is 52.5. The standard InChI is InChI=1S/C54H46FN3O/c1-53(2,3)38-27-36(28-39(33-38)54(4,5)6)37-31-48(44-18-11-13-22-51(44)59)57-49(32-37)45-29-35(23-24-46(45)55)47-30-34(25-26-56-47)41-19-14-20-43-42-17-10-12-21-50(42)58(52(41)43)40-15-8-7-9-16-40/h7-33,59H,1-6H3. The number of aromatic hydroxyl groups is 1. The third-order valence-electron chi connectivity index (χ3n) is 11.3. The highest BCUT2D eigenvalue weighted by Crippen LogP contribution is 2.41. The number of halogens is 1. The number of nitrogens with zero attached hydrogens (tertiary/aromatic N) is 3. The Kier molecular flexibility index (Phi) is 9.28. The first-order valence-electron chi connectivity index (χ1n) is 20.1. The summed E-state index contributed by atoms with van der Waals surface area (Å²) in [5, 5.41) is 13.4. The molecule has 3 aromatic heterocycles. The van der Waals surface area contributed by atoms with Gasteiger partial charge in [0.05, 0.1) is 28.1 Å². The van der Waals surface area contributed by atoms with Gasteiger partial charge in [-0.3, -0.25) is 4.98 Å². The number of fused-ring (bicyclic) bond motifs is 3. The average molecular weight is 772 g/mol. The summed E-state index contributed by atoms with van der Waals surface area (Å²) >= 11 is 0. The van der Waals surface area contributed by atoms with Crippen LogP contribution in [0.4, 0.5) is 4.39 Å². The summed E-state index contributed by atoms with van der Waals surface area (Å²) in [5.41, 5.74) is 12.9. The van der Waals surface area contributed by atoms with Gasteiger partial charge in [-0.15, -0.1) is 0 Å². The van der Waals surface area contributed by atoms with E-state index in [4.69, 9.17) is 9.97 Å². The predicted octanol–water partition coefficient (Wildman–Crippen LogP) is 14.3. The van der Waals surface area contributed by atoms with Crippen LogP contribution >= 0.6 is 0 Å². The van der Waals surface area contributed by atoms with Gasteiger partial charge in [-0.1, -0.05) is 126 Å². The van der Waals surface area contributed by atoms with E-state index in [0.717, 1.165) is 44.5 Å². The molecule has 290 valence electrons. The van der Waals surface area contributed by atoms with Gasteiger partial charge in [-0.25, -0.2) is 9.37 Å². The van der Waals surface area contributed by atoms with Crippen molar-refractivity contribution in [1.82, 2.24) is 14.5 Å². The van der Waals surface area contributed by atoms with E-state index >= 15 is 4.39 Å². The van der Waals surface area contributed by atoms with Crippen LogP contribution in [0.2, 0.25) is 0 Å². The lowest BCUT2D eigenvalue weighted by molar-refractivity contribution is 0.477. The van der Waals surface area contributed by atoms with Gasteiger partial charge in [0.25, 0.3) is 0 Å². The molecule has 9 rings (SSSR count). The number of aromatic nitrogens is 3. The molecule has 0 bridgehead atoms. The number of hydrogen-bond acceptors (Lipinski definition) is 3. The minimum atomic E-state index is -0.395. The Bertz CT molecular complexity index is 3010. The lowest BCUT2D eigenvalue weighted by atomic mass is 9.79. The largest absolute Gasteiger partial charge is 0.507 e. The highest BCUT2D eigenvalue weighted by Gasteiger charge is 2.23. The Labute approximate surface area is 345 Å². The minimum Gasteiger partial charge on any atom is -0.507 e. The molecule has 6 aromatic carbocycles. The number of hydrogen-bond donors (Lipinski definition) is 1. The van der Waals surface area contributed by atoms with E-state index in [1.807, 2.05) is 48.7 Å². The molecule has 0 saturated carbocycles. The van der Waals surface area contributed by atoms with Gasteiger partial charge < -0.3 is 9.67 Å². The number of phenols is 1. The van der Waals surface area contributed by atoms with Crippen LogP contribution in [-0.4, -0.2) is 19.6 Å². The van der Waals surface area contributed by atoms with Gasteiger partial charge in [-0.2, -0.15) is 0 Å². The molecule has 3 heterocycles. The summed E-state index contributed by atoms with van der Waals surface area (Å²) in [5.74, 6) is -0.285. The third kappa shape index (κ3) is 7.08. The molecule has 0 unspecified atom stereocenters. The number of benzene rings is 6. The molecule has 0 aliphatic carbocycles. The molecular weight excluding hydrogens is 726 g/mol. The van der Waals surface area contributed by atoms with Crippen molar-refractivity contribution in [3.8, 4) is 67.5 Å². The Morgan fingerprint density at radius 3 is 1.83 bits per heavy atom. The SMILES string of the molecule is CC(C)(C)c1cc(-c2cc(-c3ccccc3O)nc(-c3cc(-c4cc(-c5cccc6c7ccccc7n(-c7ccccc7)c56)ccn4)ccc3F)c2)cc(C(C)(C)C)c1. The summed E-state index contributed by atoms with van der Waals surface area (Å²) in [7, 11) is 0. The Morgan fingerprint density at radius 1 is 0.492 bits per heavy atom. The number of pyridine rings is 2. The van der Waals surface area contributed by atoms with Crippen LogP contribution in [0.3, 0.4) is 0 Å². The second-order valence-electron chi connectivity index (χ2n) is 17.5. The molecule has 0 spiro atoms. The van der Waals surface area contributed by atoms with Crippen LogP contribution in [0.5, 0.6) is 5.75 Å². The molecule has 0 aliphatic heterocycles. The molecule has 0 saturated heterocycles. The number of phenolic OH excluding ortho intramolecular Hbond substituents is 1. The first-order valence-corrected chi connectivity index (χ1v) is 20.1. The topological polar surface area (TPSA) is 50.9 Å². The van der Waals surface area contributed by atoms with Gasteiger partial charge in [0.15, 0.2) is 0 Å². The maximum Gasteiger partial charge on any atom is 0.132 e. The first kappa shape index (κ1) is 37.7. The van der Waals surface area contributed by atoms with E-state index < -0.39 is 5.82 Å². The van der Waals surface area contributed by atoms with Crippen LogP contribution in [0.1, 0.15) is 52.7 Å². The van der Waals surface area contributed by atoms with Crippen molar-refractivity contribution in [3.05, 3.63) is 181 Å². The van der Waals surface area contributed by atoms with Gasteiger partial charge in [0.2, 0.25) is 0 Å². The Morgan fingerprint density at radius 2 is 1.10 bits per heavy atom. The van der Waals surface area contributed by atoms with E-state index in [2.05, 4.69) is 137 Å². The molecule has 1 N–H and O–H groups in total.